The summed E-state index contributed by atoms with van der Waals surface area (Å²) in [5, 5.41) is 0. The first-order chi connectivity index (χ1) is 8.07. The Morgan fingerprint density at radius 1 is 1.06 bits per heavy atom. The Hall–Kier alpha value is -1.36. The molecule has 0 aliphatic heterocycles. The van der Waals surface area contributed by atoms with Crippen LogP contribution in [-0.4, -0.2) is 12.3 Å². The highest BCUT2D eigenvalue weighted by molar-refractivity contribution is 5.96. The van der Waals surface area contributed by atoms with E-state index in [0.717, 1.165) is 25.0 Å². The largest absolute Gasteiger partial charge is 0.330 e. The summed E-state index contributed by atoms with van der Waals surface area (Å²) in [6.45, 7) is 0.535. The molecule has 0 aliphatic rings. The summed E-state index contributed by atoms with van der Waals surface area (Å²) in [4.78, 5) is 11.5. The molecule has 94 valence electrons. The molecule has 1 aromatic carbocycles. The fourth-order valence-electron chi connectivity index (χ4n) is 1.48. The van der Waals surface area contributed by atoms with Crippen LogP contribution in [0.25, 0.3) is 0 Å². The normalized spacial score (nSPS) is 10.6. The van der Waals surface area contributed by atoms with Gasteiger partial charge in [-0.25, -0.2) is 13.2 Å². The molecule has 1 aromatic rings. The number of nitrogens with two attached hydrogens (primary N) is 1. The summed E-state index contributed by atoms with van der Waals surface area (Å²) in [5.41, 5.74) is 4.89. The molecule has 0 saturated heterocycles. The molecular weight excluding hydrogens is 231 g/mol. The number of carbonyl (C=O) groups excluding carboxylic acids is 1. The van der Waals surface area contributed by atoms with Gasteiger partial charge in [0.2, 0.25) is 0 Å². The molecule has 17 heavy (non-hydrogen) atoms. The van der Waals surface area contributed by atoms with E-state index in [1.807, 2.05) is 0 Å². The molecule has 2 N–H and O–H groups in total. The van der Waals surface area contributed by atoms with E-state index < -0.39 is 28.8 Å². The number of carbonyl (C=O) groups is 1. The second-order valence-corrected chi connectivity index (χ2v) is 3.75. The summed E-state index contributed by atoms with van der Waals surface area (Å²) in [7, 11) is 0. The van der Waals surface area contributed by atoms with Crippen LogP contribution in [0.3, 0.4) is 0 Å². The molecule has 1 rings (SSSR count). The highest BCUT2D eigenvalue weighted by Crippen LogP contribution is 2.17. The lowest BCUT2D eigenvalue weighted by molar-refractivity contribution is 0.0974. The number of ketones is 1. The van der Waals surface area contributed by atoms with Gasteiger partial charge in [-0.1, -0.05) is 6.42 Å². The minimum Gasteiger partial charge on any atom is -0.330 e. The molecule has 0 radical (unpaired) electrons. The van der Waals surface area contributed by atoms with Gasteiger partial charge < -0.3 is 5.73 Å². The smallest absolute Gasteiger partial charge is 0.195 e. The van der Waals surface area contributed by atoms with Crippen LogP contribution in [0, 0.1) is 17.5 Å². The number of benzene rings is 1. The summed E-state index contributed by atoms with van der Waals surface area (Å²) in [6.07, 6.45) is 2.22. The maximum absolute atomic E-state index is 13.2. The molecular formula is C12H14F3NO. The fraction of sp³-hybridized carbons (Fsp3) is 0.417. The van der Waals surface area contributed by atoms with Crippen molar-refractivity contribution in [3.05, 3.63) is 35.1 Å². The first-order valence-corrected chi connectivity index (χ1v) is 5.44. The molecule has 5 heteroatoms. The Kier molecular flexibility index (Phi) is 5.15. The lowest BCUT2D eigenvalue weighted by atomic mass is 10.0. The van der Waals surface area contributed by atoms with E-state index in [1.54, 1.807) is 0 Å². The summed E-state index contributed by atoms with van der Waals surface area (Å²) >= 11 is 0. The second kappa shape index (κ2) is 6.39. The van der Waals surface area contributed by atoms with Gasteiger partial charge in [-0.2, -0.15) is 0 Å². The van der Waals surface area contributed by atoms with Crippen LogP contribution < -0.4 is 5.73 Å². The van der Waals surface area contributed by atoms with Gasteiger partial charge in [0, 0.05) is 6.42 Å². The summed E-state index contributed by atoms with van der Waals surface area (Å²) < 4.78 is 38.7. The zero-order valence-corrected chi connectivity index (χ0v) is 9.31. The van der Waals surface area contributed by atoms with E-state index in [-0.39, 0.29) is 6.42 Å². The van der Waals surface area contributed by atoms with Crippen molar-refractivity contribution in [2.45, 2.75) is 25.7 Å². The van der Waals surface area contributed by atoms with Crippen molar-refractivity contribution in [2.75, 3.05) is 6.54 Å². The lowest BCUT2D eigenvalue weighted by Crippen LogP contribution is -2.06. The van der Waals surface area contributed by atoms with Crippen molar-refractivity contribution in [2.24, 2.45) is 5.73 Å². The Bertz CT molecular complexity index is 407. The molecule has 0 unspecified atom stereocenters. The minimum atomic E-state index is -1.60. The zero-order valence-electron chi connectivity index (χ0n) is 9.31. The standard InChI is InChI=1S/C12H14F3NO/c13-9-6-5-8(11(14)12(9)15)10(17)4-2-1-3-7-16/h5-6H,1-4,7,16H2. The Balaban J connectivity index is 2.66. The minimum absolute atomic E-state index is 0.113. The van der Waals surface area contributed by atoms with Crippen LogP contribution in [0.1, 0.15) is 36.0 Å². The van der Waals surface area contributed by atoms with E-state index >= 15 is 0 Å². The molecule has 0 bridgehead atoms. The van der Waals surface area contributed by atoms with Gasteiger partial charge in [-0.15, -0.1) is 0 Å². The number of rotatable bonds is 6. The molecule has 0 aliphatic carbocycles. The van der Waals surface area contributed by atoms with Crippen molar-refractivity contribution in [3.63, 3.8) is 0 Å². The first-order valence-electron chi connectivity index (χ1n) is 5.44. The summed E-state index contributed by atoms with van der Waals surface area (Å²) in [6, 6.07) is 1.73. The van der Waals surface area contributed by atoms with Crippen LogP contribution >= 0.6 is 0 Å². The van der Waals surface area contributed by atoms with E-state index in [4.69, 9.17) is 5.73 Å². The van der Waals surface area contributed by atoms with Crippen LogP contribution in [0.4, 0.5) is 13.2 Å². The van der Waals surface area contributed by atoms with Gasteiger partial charge in [-0.05, 0) is 31.5 Å². The molecule has 0 atom stereocenters. The average molecular weight is 245 g/mol. The van der Waals surface area contributed by atoms with E-state index in [1.165, 1.54) is 0 Å². The van der Waals surface area contributed by atoms with Gasteiger partial charge in [0.05, 0.1) is 5.56 Å². The first kappa shape index (κ1) is 13.7. The average Bonchev–Trinajstić information content (AvgIpc) is 2.31. The molecule has 0 aromatic heterocycles. The van der Waals surface area contributed by atoms with Gasteiger partial charge in [0.25, 0.3) is 0 Å². The van der Waals surface area contributed by atoms with Crippen molar-refractivity contribution in [3.8, 4) is 0 Å². The third kappa shape index (κ3) is 3.56. The van der Waals surface area contributed by atoms with Gasteiger partial charge in [0.1, 0.15) is 0 Å². The van der Waals surface area contributed by atoms with Crippen LogP contribution in [-0.2, 0) is 0 Å². The van der Waals surface area contributed by atoms with E-state index in [2.05, 4.69) is 0 Å². The molecule has 2 nitrogen and oxygen atoms in total. The third-order valence-corrected chi connectivity index (χ3v) is 2.44. The number of halogens is 3. The molecule has 0 fully saturated rings. The van der Waals surface area contributed by atoms with Crippen molar-refractivity contribution >= 4 is 5.78 Å². The van der Waals surface area contributed by atoms with E-state index in [9.17, 15) is 18.0 Å². The molecule has 0 spiro atoms. The predicted octanol–water partition coefficient (Wildman–Crippen LogP) is 2.81. The predicted molar refractivity (Wildman–Crippen MR) is 58.2 cm³/mol. The number of Topliss-reactive ketones (excluding diaryl/α,β-unsaturated/α-hetero) is 1. The monoisotopic (exact) mass is 245 g/mol. The highest BCUT2D eigenvalue weighted by atomic mass is 19.2. The maximum Gasteiger partial charge on any atom is 0.195 e. The third-order valence-electron chi connectivity index (χ3n) is 2.44. The number of unbranched alkanes of at least 4 members (excludes halogenated alkanes) is 2. The molecule has 0 saturated carbocycles. The van der Waals surface area contributed by atoms with E-state index in [0.29, 0.717) is 13.0 Å². The topological polar surface area (TPSA) is 43.1 Å². The quantitative estimate of drug-likeness (QED) is 0.475. The Morgan fingerprint density at radius 2 is 1.76 bits per heavy atom. The highest BCUT2D eigenvalue weighted by Gasteiger charge is 2.18. The van der Waals surface area contributed by atoms with Crippen LogP contribution in [0.15, 0.2) is 12.1 Å². The Labute approximate surface area is 97.6 Å². The van der Waals surface area contributed by atoms with Crippen LogP contribution in [0.5, 0.6) is 0 Å². The second-order valence-electron chi connectivity index (χ2n) is 3.75. The van der Waals surface area contributed by atoms with Crippen molar-refractivity contribution in [1.82, 2.24) is 0 Å². The van der Waals surface area contributed by atoms with Crippen molar-refractivity contribution in [1.29, 1.82) is 0 Å². The molecule has 0 amide bonds. The van der Waals surface area contributed by atoms with Gasteiger partial charge in [-0.3, -0.25) is 4.79 Å². The van der Waals surface area contributed by atoms with Gasteiger partial charge >= 0.3 is 0 Å². The molecule has 0 heterocycles. The number of hydrogen-bond donors (Lipinski definition) is 1. The SMILES string of the molecule is NCCCCCC(=O)c1ccc(F)c(F)c1F. The Morgan fingerprint density at radius 3 is 2.41 bits per heavy atom. The lowest BCUT2D eigenvalue weighted by Gasteiger charge is -2.04. The van der Waals surface area contributed by atoms with Gasteiger partial charge in [0.15, 0.2) is 23.2 Å². The fourth-order valence-corrected chi connectivity index (χ4v) is 1.48. The van der Waals surface area contributed by atoms with Crippen LogP contribution in [0.2, 0.25) is 0 Å². The maximum atomic E-state index is 13.2. The van der Waals surface area contributed by atoms with Crippen molar-refractivity contribution < 1.29 is 18.0 Å². The zero-order chi connectivity index (χ0) is 12.8. The number of hydrogen-bond acceptors (Lipinski definition) is 2. The summed E-state index contributed by atoms with van der Waals surface area (Å²) in [5.74, 6) is -4.81.